The number of hydrogen-bond acceptors (Lipinski definition) is 5. The van der Waals surface area contributed by atoms with Crippen LogP contribution in [0.5, 0.6) is 0 Å². The molecule has 1 heterocycles. The SMILES string of the molecule is CCCCOCCOCCNC(=NC)NCCc1csc(C)n1.I. The van der Waals surface area contributed by atoms with E-state index in [0.29, 0.717) is 19.8 Å². The van der Waals surface area contributed by atoms with Crippen molar-refractivity contribution in [2.45, 2.75) is 33.1 Å². The van der Waals surface area contributed by atoms with Crippen molar-refractivity contribution in [3.05, 3.63) is 16.1 Å². The number of hydrogen-bond donors (Lipinski definition) is 2. The van der Waals surface area contributed by atoms with Gasteiger partial charge in [-0.25, -0.2) is 4.98 Å². The topological polar surface area (TPSA) is 67.8 Å². The van der Waals surface area contributed by atoms with Crippen LogP contribution in [0.25, 0.3) is 0 Å². The normalized spacial score (nSPS) is 11.2. The van der Waals surface area contributed by atoms with E-state index >= 15 is 0 Å². The molecule has 0 aliphatic rings. The number of ether oxygens (including phenoxy) is 2. The number of aromatic nitrogens is 1. The Morgan fingerprint density at radius 1 is 1.17 bits per heavy atom. The molecule has 0 aliphatic carbocycles. The highest BCUT2D eigenvalue weighted by molar-refractivity contribution is 14.0. The van der Waals surface area contributed by atoms with Crippen LogP contribution in [0, 0.1) is 6.92 Å². The second-order valence-corrected chi connectivity index (χ2v) is 6.17. The number of aryl methyl sites for hydroxylation is 1. The second kappa shape index (κ2) is 16.0. The predicted molar refractivity (Wildman–Crippen MR) is 112 cm³/mol. The van der Waals surface area contributed by atoms with Crippen molar-refractivity contribution in [2.75, 3.05) is 46.6 Å². The predicted octanol–water partition coefficient (Wildman–Crippen LogP) is 2.61. The number of aliphatic imine (C=N–C) groups is 1. The second-order valence-electron chi connectivity index (χ2n) is 5.11. The summed E-state index contributed by atoms with van der Waals surface area (Å²) < 4.78 is 10.9. The van der Waals surface area contributed by atoms with E-state index in [9.17, 15) is 0 Å². The molecule has 0 saturated heterocycles. The standard InChI is InChI=1S/C16H30N4O2S.HI/c1-4-5-9-21-11-12-22-10-8-19-16(17-3)18-7-6-15-13-23-14(2)20-15;/h13H,4-12H2,1-3H3,(H2,17,18,19);1H. The molecule has 140 valence electrons. The lowest BCUT2D eigenvalue weighted by molar-refractivity contribution is 0.0487. The van der Waals surface area contributed by atoms with Crippen LogP contribution in [0.1, 0.15) is 30.5 Å². The van der Waals surface area contributed by atoms with Crippen LogP contribution in [0.2, 0.25) is 0 Å². The maximum atomic E-state index is 5.51. The van der Waals surface area contributed by atoms with Gasteiger partial charge in [-0.3, -0.25) is 4.99 Å². The first-order chi connectivity index (χ1) is 11.3. The number of guanidine groups is 1. The summed E-state index contributed by atoms with van der Waals surface area (Å²) >= 11 is 1.68. The van der Waals surface area contributed by atoms with Crippen LogP contribution in [0.4, 0.5) is 0 Å². The van der Waals surface area contributed by atoms with Crippen molar-refractivity contribution in [2.24, 2.45) is 4.99 Å². The summed E-state index contributed by atoms with van der Waals surface area (Å²) in [5, 5.41) is 9.71. The van der Waals surface area contributed by atoms with Crippen LogP contribution in [0.15, 0.2) is 10.4 Å². The van der Waals surface area contributed by atoms with Gasteiger partial charge >= 0.3 is 0 Å². The zero-order valence-corrected chi connectivity index (χ0v) is 18.1. The lowest BCUT2D eigenvalue weighted by Gasteiger charge is -2.11. The van der Waals surface area contributed by atoms with Crippen LogP contribution in [-0.4, -0.2) is 57.5 Å². The van der Waals surface area contributed by atoms with E-state index in [1.807, 2.05) is 6.92 Å². The molecule has 1 rings (SSSR count). The number of unbranched alkanes of at least 4 members (excludes halogenated alkanes) is 1. The monoisotopic (exact) mass is 470 g/mol. The van der Waals surface area contributed by atoms with Gasteiger partial charge in [0.15, 0.2) is 5.96 Å². The van der Waals surface area contributed by atoms with Gasteiger partial charge in [-0.1, -0.05) is 13.3 Å². The van der Waals surface area contributed by atoms with Gasteiger partial charge in [0.1, 0.15) is 0 Å². The van der Waals surface area contributed by atoms with Crippen LogP contribution in [-0.2, 0) is 15.9 Å². The highest BCUT2D eigenvalue weighted by atomic mass is 127. The van der Waals surface area contributed by atoms with Gasteiger partial charge in [-0.15, -0.1) is 35.3 Å². The third kappa shape index (κ3) is 12.0. The van der Waals surface area contributed by atoms with Gasteiger partial charge in [0.25, 0.3) is 0 Å². The third-order valence-electron chi connectivity index (χ3n) is 3.12. The molecule has 0 aromatic carbocycles. The number of thiazole rings is 1. The Labute approximate surface area is 166 Å². The van der Waals surface area contributed by atoms with E-state index < -0.39 is 0 Å². The lowest BCUT2D eigenvalue weighted by Crippen LogP contribution is -2.39. The number of halogens is 1. The fraction of sp³-hybridized carbons (Fsp3) is 0.750. The molecule has 1 aromatic rings. The average Bonchev–Trinajstić information content (AvgIpc) is 2.97. The zero-order valence-electron chi connectivity index (χ0n) is 15.0. The summed E-state index contributed by atoms with van der Waals surface area (Å²) in [6, 6.07) is 0. The maximum absolute atomic E-state index is 5.51. The molecular formula is C16H31IN4O2S. The molecular weight excluding hydrogens is 439 g/mol. The van der Waals surface area contributed by atoms with Crippen molar-refractivity contribution in [1.82, 2.24) is 15.6 Å². The summed E-state index contributed by atoms with van der Waals surface area (Å²) in [4.78, 5) is 8.63. The summed E-state index contributed by atoms with van der Waals surface area (Å²) in [5.74, 6) is 0.791. The summed E-state index contributed by atoms with van der Waals surface area (Å²) in [6.45, 7) is 8.50. The molecule has 0 spiro atoms. The van der Waals surface area contributed by atoms with Gasteiger partial charge in [-0.05, 0) is 13.3 Å². The minimum atomic E-state index is 0. The Bertz CT molecular complexity index is 443. The summed E-state index contributed by atoms with van der Waals surface area (Å²) in [7, 11) is 1.77. The number of nitrogens with one attached hydrogen (secondary N) is 2. The van der Waals surface area contributed by atoms with E-state index in [2.05, 4.69) is 32.9 Å². The Hall–Kier alpha value is -0.450. The molecule has 0 fully saturated rings. The molecule has 8 heteroatoms. The molecule has 0 amide bonds. The molecule has 0 saturated carbocycles. The Kier molecular flexibility index (Phi) is 15.7. The van der Waals surface area contributed by atoms with Gasteiger partial charge in [0.05, 0.1) is 30.5 Å². The molecule has 0 unspecified atom stereocenters. The molecule has 6 nitrogen and oxygen atoms in total. The highest BCUT2D eigenvalue weighted by Crippen LogP contribution is 2.07. The Balaban J connectivity index is 0.00000529. The van der Waals surface area contributed by atoms with Crippen LogP contribution in [0.3, 0.4) is 0 Å². The smallest absolute Gasteiger partial charge is 0.191 e. The van der Waals surface area contributed by atoms with Crippen LogP contribution >= 0.6 is 35.3 Å². The fourth-order valence-electron chi connectivity index (χ4n) is 1.86. The van der Waals surface area contributed by atoms with Crippen LogP contribution < -0.4 is 10.6 Å². The molecule has 1 aromatic heterocycles. The van der Waals surface area contributed by atoms with Crippen molar-refractivity contribution >= 4 is 41.3 Å². The maximum Gasteiger partial charge on any atom is 0.191 e. The first-order valence-electron chi connectivity index (χ1n) is 8.27. The summed E-state index contributed by atoms with van der Waals surface area (Å²) in [5.41, 5.74) is 1.13. The fourth-order valence-corrected chi connectivity index (χ4v) is 2.51. The third-order valence-corrected chi connectivity index (χ3v) is 3.94. The molecule has 2 N–H and O–H groups in total. The van der Waals surface area contributed by atoms with Crippen molar-refractivity contribution in [3.63, 3.8) is 0 Å². The van der Waals surface area contributed by atoms with E-state index in [1.165, 1.54) is 6.42 Å². The van der Waals surface area contributed by atoms with Gasteiger partial charge in [0, 0.05) is 38.5 Å². The molecule has 0 radical (unpaired) electrons. The Morgan fingerprint density at radius 3 is 2.50 bits per heavy atom. The largest absolute Gasteiger partial charge is 0.379 e. The first-order valence-corrected chi connectivity index (χ1v) is 9.15. The van der Waals surface area contributed by atoms with Gasteiger partial charge in [0.2, 0.25) is 0 Å². The minimum absolute atomic E-state index is 0. The molecule has 0 atom stereocenters. The van der Waals surface area contributed by atoms with E-state index in [1.54, 1.807) is 18.4 Å². The Morgan fingerprint density at radius 2 is 1.88 bits per heavy atom. The lowest BCUT2D eigenvalue weighted by atomic mass is 10.3. The zero-order chi connectivity index (χ0) is 16.8. The van der Waals surface area contributed by atoms with Crippen molar-refractivity contribution in [3.8, 4) is 0 Å². The molecule has 24 heavy (non-hydrogen) atoms. The van der Waals surface area contributed by atoms with E-state index in [0.717, 1.165) is 49.2 Å². The summed E-state index contributed by atoms with van der Waals surface area (Å²) in [6.07, 6.45) is 3.18. The minimum Gasteiger partial charge on any atom is -0.379 e. The van der Waals surface area contributed by atoms with Gasteiger partial charge in [-0.2, -0.15) is 0 Å². The highest BCUT2D eigenvalue weighted by Gasteiger charge is 2.00. The first kappa shape index (κ1) is 23.5. The van der Waals surface area contributed by atoms with Gasteiger partial charge < -0.3 is 20.1 Å². The number of nitrogens with zero attached hydrogens (tertiary/aromatic N) is 2. The number of rotatable bonds is 12. The van der Waals surface area contributed by atoms with E-state index in [-0.39, 0.29) is 24.0 Å². The molecule has 0 aliphatic heterocycles. The molecule has 0 bridgehead atoms. The van der Waals surface area contributed by atoms with Crippen molar-refractivity contribution in [1.29, 1.82) is 0 Å². The average molecular weight is 470 g/mol. The quantitative estimate of drug-likeness (QED) is 0.213. The van der Waals surface area contributed by atoms with E-state index in [4.69, 9.17) is 9.47 Å². The van der Waals surface area contributed by atoms with Crippen molar-refractivity contribution < 1.29 is 9.47 Å².